The minimum absolute atomic E-state index is 0.690. The smallest absolute Gasteiger partial charge is 0.206 e. The van der Waals surface area contributed by atoms with Crippen LogP contribution in [0.25, 0.3) is 10.6 Å². The van der Waals surface area contributed by atoms with Crippen molar-refractivity contribution in [2.75, 3.05) is 19.0 Å². The highest BCUT2D eigenvalue weighted by Crippen LogP contribution is 2.31. The lowest BCUT2D eigenvalue weighted by molar-refractivity contribution is 0.415. The zero-order valence-electron chi connectivity index (χ0n) is 13.1. The highest BCUT2D eigenvalue weighted by molar-refractivity contribution is 8.00. The van der Waals surface area contributed by atoms with Gasteiger partial charge in [0, 0.05) is 23.2 Å². The van der Waals surface area contributed by atoms with E-state index in [1.54, 1.807) is 47.6 Å². The Hall–Kier alpha value is -1.90. The first kappa shape index (κ1) is 16.9. The van der Waals surface area contributed by atoms with E-state index in [4.69, 9.17) is 9.72 Å². The van der Waals surface area contributed by atoms with Crippen LogP contribution in [-0.4, -0.2) is 28.8 Å². The number of benzene rings is 1. The zero-order chi connectivity index (χ0) is 16.8. The molecular weight excluding hydrogens is 360 g/mol. The molecule has 0 unspecified atom stereocenters. The minimum Gasteiger partial charge on any atom is -0.497 e. The van der Waals surface area contributed by atoms with E-state index in [0.29, 0.717) is 6.54 Å². The molecule has 5 nitrogen and oxygen atoms in total. The number of nitrogens with one attached hydrogen (secondary N) is 1. The van der Waals surface area contributed by atoms with Gasteiger partial charge >= 0.3 is 0 Å². The Morgan fingerprint density at radius 3 is 3.12 bits per heavy atom. The van der Waals surface area contributed by atoms with E-state index in [1.807, 2.05) is 24.3 Å². The van der Waals surface area contributed by atoms with Crippen LogP contribution in [0, 0.1) is 0 Å². The molecule has 24 heavy (non-hydrogen) atoms. The molecule has 0 fully saturated rings. The van der Waals surface area contributed by atoms with Crippen LogP contribution in [0.1, 0.15) is 5.69 Å². The third-order valence-corrected chi connectivity index (χ3v) is 6.00. The molecule has 0 saturated heterocycles. The van der Waals surface area contributed by atoms with Crippen LogP contribution in [0.5, 0.6) is 5.75 Å². The van der Waals surface area contributed by atoms with Gasteiger partial charge in [0.05, 0.1) is 12.8 Å². The molecule has 124 valence electrons. The van der Waals surface area contributed by atoms with Crippen molar-refractivity contribution in [3.63, 3.8) is 0 Å². The van der Waals surface area contributed by atoms with Gasteiger partial charge in [-0.15, -0.1) is 28.1 Å². The van der Waals surface area contributed by atoms with Gasteiger partial charge in [-0.2, -0.15) is 0 Å². The molecule has 1 aromatic carbocycles. The number of nitrogens with zero attached hydrogens (tertiary/aromatic N) is 3. The Morgan fingerprint density at radius 1 is 1.38 bits per heavy atom. The molecule has 0 aliphatic heterocycles. The second kappa shape index (κ2) is 8.27. The predicted molar refractivity (Wildman–Crippen MR) is 102 cm³/mol. The van der Waals surface area contributed by atoms with Gasteiger partial charge in [-0.05, 0) is 12.1 Å². The van der Waals surface area contributed by atoms with E-state index in [2.05, 4.69) is 27.5 Å². The fraction of sp³-hybridized carbons (Fsp3) is 0.188. The topological polar surface area (TPSA) is 59.9 Å². The summed E-state index contributed by atoms with van der Waals surface area (Å²) < 4.78 is 6.19. The van der Waals surface area contributed by atoms with Gasteiger partial charge in [0.2, 0.25) is 5.13 Å². The third kappa shape index (κ3) is 4.34. The van der Waals surface area contributed by atoms with Gasteiger partial charge in [-0.25, -0.2) is 4.98 Å². The van der Waals surface area contributed by atoms with Crippen LogP contribution in [0.2, 0.25) is 0 Å². The van der Waals surface area contributed by atoms with Gasteiger partial charge in [-0.3, -0.25) is 0 Å². The summed E-state index contributed by atoms with van der Waals surface area (Å²) in [5, 5.41) is 15.3. The second-order valence-electron chi connectivity index (χ2n) is 4.71. The molecular formula is C16H16N4OS3. The summed E-state index contributed by atoms with van der Waals surface area (Å²) in [5.41, 5.74) is 2.11. The Labute approximate surface area is 152 Å². The number of thiazole rings is 1. The maximum absolute atomic E-state index is 5.27. The highest BCUT2D eigenvalue weighted by Gasteiger charge is 2.09. The first-order valence-electron chi connectivity index (χ1n) is 7.18. The van der Waals surface area contributed by atoms with Crippen molar-refractivity contribution in [1.82, 2.24) is 15.2 Å². The van der Waals surface area contributed by atoms with E-state index < -0.39 is 0 Å². The summed E-state index contributed by atoms with van der Waals surface area (Å²) in [6.07, 6.45) is 1.80. The number of ether oxygens (including phenoxy) is 1. The molecule has 0 aliphatic carbocycles. The number of hydrogen-bond donors (Lipinski definition) is 1. The summed E-state index contributed by atoms with van der Waals surface area (Å²) in [5.74, 6) is 1.61. The summed E-state index contributed by atoms with van der Waals surface area (Å²) in [6, 6.07) is 7.95. The quantitative estimate of drug-likeness (QED) is 0.459. The largest absolute Gasteiger partial charge is 0.497 e. The van der Waals surface area contributed by atoms with Crippen molar-refractivity contribution in [1.29, 1.82) is 0 Å². The normalized spacial score (nSPS) is 10.5. The van der Waals surface area contributed by atoms with E-state index in [9.17, 15) is 0 Å². The third-order valence-electron chi connectivity index (χ3n) is 3.02. The van der Waals surface area contributed by atoms with Crippen molar-refractivity contribution in [3.05, 3.63) is 48.0 Å². The lowest BCUT2D eigenvalue weighted by Gasteiger charge is -2.01. The van der Waals surface area contributed by atoms with E-state index in [0.717, 1.165) is 37.2 Å². The van der Waals surface area contributed by atoms with Crippen LogP contribution in [0.4, 0.5) is 5.13 Å². The maximum atomic E-state index is 5.27. The average Bonchev–Trinajstić information content (AvgIpc) is 3.27. The molecule has 0 amide bonds. The molecule has 0 atom stereocenters. The first-order chi connectivity index (χ1) is 11.8. The van der Waals surface area contributed by atoms with Crippen LogP contribution in [0.3, 0.4) is 0 Å². The molecule has 8 heteroatoms. The molecule has 3 rings (SSSR count). The number of anilines is 1. The molecule has 2 aromatic heterocycles. The monoisotopic (exact) mass is 376 g/mol. The number of methoxy groups -OCH3 is 1. The zero-order valence-corrected chi connectivity index (χ0v) is 15.5. The van der Waals surface area contributed by atoms with Crippen LogP contribution in [0.15, 0.2) is 46.6 Å². The second-order valence-corrected chi connectivity index (χ2v) is 7.77. The Bertz CT molecular complexity index is 815. The average molecular weight is 377 g/mol. The van der Waals surface area contributed by atoms with Gasteiger partial charge in [0.15, 0.2) is 4.34 Å². The Kier molecular flexibility index (Phi) is 5.84. The molecule has 0 spiro atoms. The van der Waals surface area contributed by atoms with Crippen LogP contribution < -0.4 is 10.1 Å². The fourth-order valence-electron chi connectivity index (χ4n) is 1.90. The summed E-state index contributed by atoms with van der Waals surface area (Å²) in [6.45, 7) is 4.36. The van der Waals surface area contributed by atoms with Gasteiger partial charge < -0.3 is 10.1 Å². The number of thioether (sulfide) groups is 1. The molecule has 1 N–H and O–H groups in total. The van der Waals surface area contributed by atoms with Crippen LogP contribution in [-0.2, 0) is 5.75 Å². The van der Waals surface area contributed by atoms with Crippen molar-refractivity contribution < 1.29 is 4.74 Å². The number of rotatable bonds is 8. The Balaban J connectivity index is 1.61. The lowest BCUT2D eigenvalue weighted by Crippen LogP contribution is -1.96. The summed E-state index contributed by atoms with van der Waals surface area (Å²) in [4.78, 5) is 4.70. The minimum atomic E-state index is 0.690. The molecule has 0 aliphatic rings. The van der Waals surface area contributed by atoms with Crippen molar-refractivity contribution >= 4 is 39.6 Å². The molecule has 0 bridgehead atoms. The van der Waals surface area contributed by atoms with E-state index in [1.165, 1.54) is 0 Å². The lowest BCUT2D eigenvalue weighted by atomic mass is 10.2. The summed E-state index contributed by atoms with van der Waals surface area (Å²) in [7, 11) is 1.67. The number of aromatic nitrogens is 3. The summed E-state index contributed by atoms with van der Waals surface area (Å²) >= 11 is 4.82. The fourth-order valence-corrected chi connectivity index (χ4v) is 4.47. The number of hydrogen-bond acceptors (Lipinski definition) is 8. The van der Waals surface area contributed by atoms with Crippen molar-refractivity contribution in [3.8, 4) is 16.3 Å². The molecule has 0 saturated carbocycles. The van der Waals surface area contributed by atoms with Crippen LogP contribution >= 0.6 is 34.4 Å². The molecule has 3 aromatic rings. The SMILES string of the molecule is C=CCNc1nnc(SCc2csc(-c3cccc(OC)c3)n2)s1. The standard InChI is InChI=1S/C16H16N4OS3/c1-3-7-17-15-19-20-16(24-15)23-10-12-9-22-14(18-12)11-5-4-6-13(8-11)21-2/h3-6,8-9H,1,7,10H2,2H3,(H,17,19). The highest BCUT2D eigenvalue weighted by atomic mass is 32.2. The van der Waals surface area contributed by atoms with Gasteiger partial charge in [-0.1, -0.05) is 41.3 Å². The predicted octanol–water partition coefficient (Wildman–Crippen LogP) is 4.56. The molecule has 0 radical (unpaired) electrons. The van der Waals surface area contributed by atoms with Crippen molar-refractivity contribution in [2.24, 2.45) is 0 Å². The Morgan fingerprint density at radius 2 is 2.29 bits per heavy atom. The van der Waals surface area contributed by atoms with Gasteiger partial charge in [0.1, 0.15) is 10.8 Å². The van der Waals surface area contributed by atoms with E-state index >= 15 is 0 Å². The maximum Gasteiger partial charge on any atom is 0.206 e. The first-order valence-corrected chi connectivity index (χ1v) is 9.86. The van der Waals surface area contributed by atoms with Crippen molar-refractivity contribution in [2.45, 2.75) is 10.1 Å². The van der Waals surface area contributed by atoms with Gasteiger partial charge in [0.25, 0.3) is 0 Å². The van der Waals surface area contributed by atoms with E-state index in [-0.39, 0.29) is 0 Å². The molecule has 2 heterocycles.